The molecule has 10 nitrogen and oxygen atoms in total. The van der Waals surface area contributed by atoms with Crippen LogP contribution in [0.1, 0.15) is 31.1 Å². The van der Waals surface area contributed by atoms with Crippen molar-refractivity contribution in [1.82, 2.24) is 29.8 Å². The van der Waals surface area contributed by atoms with Crippen LogP contribution in [0.5, 0.6) is 0 Å². The van der Waals surface area contributed by atoms with Gasteiger partial charge in [-0.1, -0.05) is 12.1 Å². The molecular formula is C25H27N7O3. The van der Waals surface area contributed by atoms with Crippen LogP contribution in [0.15, 0.2) is 30.7 Å². The van der Waals surface area contributed by atoms with E-state index in [2.05, 4.69) is 19.9 Å². The summed E-state index contributed by atoms with van der Waals surface area (Å²) in [5, 5.41) is 0.876. The number of imidazole rings is 1. The van der Waals surface area contributed by atoms with E-state index in [9.17, 15) is 9.59 Å². The van der Waals surface area contributed by atoms with Gasteiger partial charge in [0.1, 0.15) is 16.8 Å². The second-order valence-corrected chi connectivity index (χ2v) is 10.4. The number of carbonyl (C=O) groups is 2. The molecule has 2 aliphatic rings. The van der Waals surface area contributed by atoms with E-state index in [-0.39, 0.29) is 6.09 Å². The van der Waals surface area contributed by atoms with E-state index >= 15 is 0 Å². The number of aromatic nitrogens is 5. The van der Waals surface area contributed by atoms with Crippen molar-refractivity contribution in [1.29, 1.82) is 0 Å². The summed E-state index contributed by atoms with van der Waals surface area (Å²) in [7, 11) is 0. The van der Waals surface area contributed by atoms with Crippen LogP contribution < -0.4 is 4.90 Å². The number of nitrogens with zero attached hydrogens (tertiary/aromatic N) is 5. The second kappa shape index (κ2) is 7.79. The lowest BCUT2D eigenvalue weighted by Gasteiger charge is -2.26. The Kier molecular flexibility index (Phi) is 4.80. The molecule has 2 N–H and O–H groups in total. The molecule has 180 valence electrons. The maximum atomic E-state index is 12.5. The fourth-order valence-electron chi connectivity index (χ4n) is 5.20. The summed E-state index contributed by atoms with van der Waals surface area (Å²) in [5.41, 5.74) is 4.05. The van der Waals surface area contributed by atoms with Crippen molar-refractivity contribution < 1.29 is 14.3 Å². The average molecular weight is 474 g/mol. The lowest BCUT2D eigenvalue weighted by Crippen LogP contribution is -2.37. The molecule has 2 fully saturated rings. The number of nitrogens with one attached hydrogen (secondary N) is 2. The molecular weight excluding hydrogens is 446 g/mol. The monoisotopic (exact) mass is 473 g/mol. The van der Waals surface area contributed by atoms with E-state index in [1.807, 2.05) is 43.9 Å². The van der Waals surface area contributed by atoms with Crippen LogP contribution in [-0.4, -0.2) is 74.0 Å². The Hall–Kier alpha value is -3.95. The number of fused-ring (bicyclic) bond motifs is 3. The number of amides is 1. The molecule has 5 heterocycles. The van der Waals surface area contributed by atoms with Crippen molar-refractivity contribution in [3.05, 3.63) is 36.3 Å². The smallest absolute Gasteiger partial charge is 0.410 e. The Morgan fingerprint density at radius 3 is 2.60 bits per heavy atom. The van der Waals surface area contributed by atoms with Crippen molar-refractivity contribution in [2.75, 3.05) is 31.1 Å². The first-order valence-electron chi connectivity index (χ1n) is 11.8. The summed E-state index contributed by atoms with van der Waals surface area (Å²) < 4.78 is 5.56. The molecule has 0 spiro atoms. The molecule has 0 radical (unpaired) electrons. The average Bonchev–Trinajstić information content (AvgIpc) is 3.58. The summed E-state index contributed by atoms with van der Waals surface area (Å²) in [6.45, 7) is 8.57. The molecule has 2 saturated heterocycles. The van der Waals surface area contributed by atoms with E-state index in [0.29, 0.717) is 42.1 Å². The molecule has 0 aliphatic carbocycles. The highest BCUT2D eigenvalue weighted by atomic mass is 16.6. The number of rotatable bonds is 3. The zero-order chi connectivity index (χ0) is 24.3. The third-order valence-electron chi connectivity index (χ3n) is 6.81. The van der Waals surface area contributed by atoms with Crippen molar-refractivity contribution in [2.45, 2.75) is 26.4 Å². The van der Waals surface area contributed by atoms with Gasteiger partial charge in [-0.2, -0.15) is 4.98 Å². The first-order chi connectivity index (χ1) is 16.8. The van der Waals surface area contributed by atoms with Gasteiger partial charge in [0.15, 0.2) is 11.9 Å². The molecule has 3 aromatic heterocycles. The van der Waals surface area contributed by atoms with E-state index in [1.165, 1.54) is 0 Å². The van der Waals surface area contributed by atoms with Crippen LogP contribution >= 0.6 is 0 Å². The molecule has 1 aromatic carbocycles. The van der Waals surface area contributed by atoms with Crippen molar-refractivity contribution in [3.63, 3.8) is 0 Å². The molecule has 6 rings (SSSR count). The molecule has 0 saturated carbocycles. The summed E-state index contributed by atoms with van der Waals surface area (Å²) in [6.07, 6.45) is 3.94. The van der Waals surface area contributed by atoms with Crippen molar-refractivity contribution >= 4 is 40.4 Å². The van der Waals surface area contributed by atoms with Gasteiger partial charge in [0.05, 0.1) is 6.33 Å². The van der Waals surface area contributed by atoms with E-state index in [1.54, 1.807) is 12.5 Å². The Morgan fingerprint density at radius 2 is 1.89 bits per heavy atom. The number of carbonyl (C=O) groups excluding carboxylic acids is 2. The van der Waals surface area contributed by atoms with E-state index < -0.39 is 5.60 Å². The molecule has 0 bridgehead atoms. The van der Waals surface area contributed by atoms with Gasteiger partial charge in [-0.05, 0) is 26.8 Å². The Labute approximate surface area is 201 Å². The topological polar surface area (TPSA) is 120 Å². The number of hydrogen-bond acceptors (Lipinski definition) is 7. The normalized spacial score (nSPS) is 20.1. The maximum Gasteiger partial charge on any atom is 0.410 e. The summed E-state index contributed by atoms with van der Waals surface area (Å²) >= 11 is 0. The third kappa shape index (κ3) is 3.78. The molecule has 2 unspecified atom stereocenters. The summed E-state index contributed by atoms with van der Waals surface area (Å²) in [6, 6.07) is 5.89. The van der Waals surface area contributed by atoms with Gasteiger partial charge >= 0.3 is 6.09 Å². The van der Waals surface area contributed by atoms with Crippen LogP contribution in [0, 0.1) is 11.8 Å². The van der Waals surface area contributed by atoms with Gasteiger partial charge in [0.25, 0.3) is 0 Å². The zero-order valence-electron chi connectivity index (χ0n) is 19.9. The number of hydrogen-bond donors (Lipinski definition) is 2. The quantitative estimate of drug-likeness (QED) is 0.436. The van der Waals surface area contributed by atoms with Crippen LogP contribution in [0.3, 0.4) is 0 Å². The molecule has 4 aromatic rings. The van der Waals surface area contributed by atoms with Crippen molar-refractivity contribution in [3.8, 4) is 11.3 Å². The number of anilines is 1. The number of aromatic amines is 2. The minimum absolute atomic E-state index is 0.243. The number of likely N-dealkylation sites (tertiary alicyclic amines) is 1. The molecule has 10 heteroatoms. The highest BCUT2D eigenvalue weighted by molar-refractivity contribution is 6.00. The lowest BCUT2D eigenvalue weighted by atomic mass is 10.0. The Balaban J connectivity index is 1.27. The fourth-order valence-corrected chi connectivity index (χ4v) is 5.20. The first-order valence-corrected chi connectivity index (χ1v) is 11.8. The number of ether oxygens (including phenoxy) is 1. The zero-order valence-corrected chi connectivity index (χ0v) is 19.9. The number of H-pyrrole nitrogens is 2. The fraction of sp³-hybridized carbons (Fsp3) is 0.400. The number of benzene rings is 1. The van der Waals surface area contributed by atoms with Crippen LogP contribution in [-0.2, 0) is 4.74 Å². The standard InChI is InChI=1S/C25H27N7O3/c1-25(2,3)35-24(34)32-10-16-8-31(9-17(16)11-32)23-29-20(21-22(30-23)28-13-27-21)14-4-5-18-15(12-33)7-26-19(18)6-14/h4-7,12-13,16-17,26H,8-11H2,1-3H3,(H,27,28,29,30). The predicted octanol–water partition coefficient (Wildman–Crippen LogP) is 3.62. The van der Waals surface area contributed by atoms with Gasteiger partial charge in [-0.25, -0.2) is 14.8 Å². The number of aldehydes is 1. The summed E-state index contributed by atoms with van der Waals surface area (Å²) in [4.78, 5) is 48.2. The first kappa shape index (κ1) is 21.6. The van der Waals surface area contributed by atoms with Crippen LogP contribution in [0.4, 0.5) is 10.7 Å². The molecule has 2 atom stereocenters. The third-order valence-corrected chi connectivity index (χ3v) is 6.81. The largest absolute Gasteiger partial charge is 0.444 e. The van der Waals surface area contributed by atoms with E-state index in [4.69, 9.17) is 14.7 Å². The molecule has 35 heavy (non-hydrogen) atoms. The minimum Gasteiger partial charge on any atom is -0.444 e. The van der Waals surface area contributed by atoms with Crippen LogP contribution in [0.25, 0.3) is 33.3 Å². The summed E-state index contributed by atoms with van der Waals surface area (Å²) in [5.74, 6) is 1.33. The maximum absolute atomic E-state index is 12.5. The molecule has 2 aliphatic heterocycles. The lowest BCUT2D eigenvalue weighted by molar-refractivity contribution is 0.0282. The SMILES string of the molecule is CC(C)(C)OC(=O)N1CC2CN(c3nc(-c4ccc5c(C=O)c[nH]c5c4)c4[nH]cnc4n3)CC2C1. The Bertz CT molecular complexity index is 1440. The van der Waals surface area contributed by atoms with Crippen LogP contribution in [0.2, 0.25) is 0 Å². The van der Waals surface area contributed by atoms with Gasteiger partial charge in [0.2, 0.25) is 5.95 Å². The van der Waals surface area contributed by atoms with Gasteiger partial charge < -0.3 is 24.5 Å². The predicted molar refractivity (Wildman–Crippen MR) is 131 cm³/mol. The van der Waals surface area contributed by atoms with Gasteiger partial charge in [-0.3, -0.25) is 4.79 Å². The molecule has 1 amide bonds. The minimum atomic E-state index is -0.498. The van der Waals surface area contributed by atoms with Crippen molar-refractivity contribution in [2.24, 2.45) is 11.8 Å². The highest BCUT2D eigenvalue weighted by Crippen LogP contribution is 2.35. The highest BCUT2D eigenvalue weighted by Gasteiger charge is 2.43. The van der Waals surface area contributed by atoms with Gasteiger partial charge in [-0.15, -0.1) is 0 Å². The van der Waals surface area contributed by atoms with Gasteiger partial charge in [0, 0.05) is 66.2 Å². The van der Waals surface area contributed by atoms with E-state index in [0.717, 1.165) is 47.1 Å². The second-order valence-electron chi connectivity index (χ2n) is 10.4. The Morgan fingerprint density at radius 1 is 1.11 bits per heavy atom.